The first-order valence-electron chi connectivity index (χ1n) is 8.50. The second-order valence-electron chi connectivity index (χ2n) is 6.42. The number of amides is 1. The standard InChI is InChI=1S/C19H21NO7S/c1-28(24,25)17-10-13-15(7-8-26-16(13)9-14(17)18(21)22)20-19(23)27-11-12-5-3-2-4-6-12/h2-6,9-10,15,24-25H,7-8,11H2,1H3,(H,20,23)(H,21,22)/t15-/m0/s1. The molecule has 2 aromatic carbocycles. The maximum Gasteiger partial charge on any atom is 0.407 e. The Labute approximate surface area is 163 Å². The van der Waals surface area contributed by atoms with Crippen molar-refractivity contribution in [1.82, 2.24) is 5.32 Å². The van der Waals surface area contributed by atoms with Crippen molar-refractivity contribution in [3.63, 3.8) is 0 Å². The SMILES string of the molecule is CS(O)(O)c1cc2c(cc1C(=O)O)OCC[C@@H]2NC(=O)OCc1ccccc1. The Morgan fingerprint density at radius 1 is 1.25 bits per heavy atom. The van der Waals surface area contributed by atoms with Crippen LogP contribution in [0.3, 0.4) is 0 Å². The Hall–Kier alpha value is -2.75. The van der Waals surface area contributed by atoms with Crippen LogP contribution in [0.2, 0.25) is 0 Å². The van der Waals surface area contributed by atoms with E-state index in [1.807, 2.05) is 30.3 Å². The summed E-state index contributed by atoms with van der Waals surface area (Å²) < 4.78 is 30.8. The fourth-order valence-corrected chi connectivity index (χ4v) is 3.87. The van der Waals surface area contributed by atoms with Gasteiger partial charge in [-0.25, -0.2) is 9.59 Å². The lowest BCUT2D eigenvalue weighted by Gasteiger charge is -2.32. The second kappa shape index (κ2) is 8.09. The summed E-state index contributed by atoms with van der Waals surface area (Å²) in [5.41, 5.74) is 1.08. The predicted octanol–water partition coefficient (Wildman–Crippen LogP) is 3.87. The molecule has 0 aromatic heterocycles. The summed E-state index contributed by atoms with van der Waals surface area (Å²) in [5.74, 6) is -1.01. The molecular formula is C19H21NO7S. The lowest BCUT2D eigenvalue weighted by molar-refractivity contribution is 0.0691. The molecule has 4 N–H and O–H groups in total. The summed E-state index contributed by atoms with van der Waals surface area (Å²) in [6, 6.07) is 11.3. The summed E-state index contributed by atoms with van der Waals surface area (Å²) in [7, 11) is -3.29. The van der Waals surface area contributed by atoms with E-state index in [1.54, 1.807) is 0 Å². The molecular weight excluding hydrogens is 386 g/mol. The molecule has 0 saturated carbocycles. The number of alkyl carbamates (subject to hydrolysis) is 1. The molecule has 9 heteroatoms. The van der Waals surface area contributed by atoms with E-state index in [9.17, 15) is 23.8 Å². The van der Waals surface area contributed by atoms with Crippen molar-refractivity contribution in [2.45, 2.75) is 24.0 Å². The smallest absolute Gasteiger partial charge is 0.407 e. The van der Waals surface area contributed by atoms with E-state index in [0.717, 1.165) is 11.8 Å². The molecule has 0 spiro atoms. The quantitative estimate of drug-likeness (QED) is 0.593. The Kier molecular flexibility index (Phi) is 5.78. The van der Waals surface area contributed by atoms with E-state index in [0.29, 0.717) is 12.0 Å². The van der Waals surface area contributed by atoms with Gasteiger partial charge in [-0.1, -0.05) is 30.3 Å². The van der Waals surface area contributed by atoms with Crippen molar-refractivity contribution >= 4 is 22.7 Å². The van der Waals surface area contributed by atoms with Crippen molar-refractivity contribution < 1.29 is 33.3 Å². The summed E-state index contributed by atoms with van der Waals surface area (Å²) in [6.07, 6.45) is 0.956. The normalized spacial score (nSPS) is 16.5. The molecule has 8 nitrogen and oxygen atoms in total. The maximum absolute atomic E-state index is 12.2. The minimum atomic E-state index is -3.29. The van der Waals surface area contributed by atoms with Crippen molar-refractivity contribution in [1.29, 1.82) is 0 Å². The molecule has 28 heavy (non-hydrogen) atoms. The van der Waals surface area contributed by atoms with Gasteiger partial charge in [0, 0.05) is 18.2 Å². The van der Waals surface area contributed by atoms with Gasteiger partial charge in [0.2, 0.25) is 0 Å². The minimum Gasteiger partial charge on any atom is -0.493 e. The van der Waals surface area contributed by atoms with Crippen molar-refractivity contribution in [3.8, 4) is 5.75 Å². The summed E-state index contributed by atoms with van der Waals surface area (Å²) in [4.78, 5) is 23.6. The number of hydrogen-bond acceptors (Lipinski definition) is 6. The van der Waals surface area contributed by atoms with Gasteiger partial charge in [-0.05, 0) is 17.7 Å². The minimum absolute atomic E-state index is 0.103. The van der Waals surface area contributed by atoms with Crippen LogP contribution >= 0.6 is 10.6 Å². The van der Waals surface area contributed by atoms with Gasteiger partial charge < -0.3 is 19.9 Å². The maximum atomic E-state index is 12.2. The molecule has 1 heterocycles. The molecule has 0 saturated heterocycles. The van der Waals surface area contributed by atoms with Crippen molar-refractivity contribution in [2.24, 2.45) is 0 Å². The number of fused-ring (bicyclic) bond motifs is 1. The van der Waals surface area contributed by atoms with Gasteiger partial charge in [0.05, 0.1) is 23.1 Å². The van der Waals surface area contributed by atoms with E-state index >= 15 is 0 Å². The van der Waals surface area contributed by atoms with Gasteiger partial charge in [-0.3, -0.25) is 9.11 Å². The van der Waals surface area contributed by atoms with Gasteiger partial charge >= 0.3 is 12.1 Å². The fraction of sp³-hybridized carbons (Fsp3) is 0.263. The molecule has 1 aliphatic rings. The summed E-state index contributed by atoms with van der Waals surface area (Å²) in [6.45, 7) is 0.388. The number of aromatic carboxylic acids is 1. The van der Waals surface area contributed by atoms with Crippen molar-refractivity contribution in [3.05, 3.63) is 59.2 Å². The highest BCUT2D eigenvalue weighted by Gasteiger charge is 2.29. The van der Waals surface area contributed by atoms with Crippen LogP contribution in [0.25, 0.3) is 0 Å². The number of carbonyl (C=O) groups excluding carboxylic acids is 1. The molecule has 0 fully saturated rings. The third-order valence-corrected chi connectivity index (χ3v) is 5.47. The van der Waals surface area contributed by atoms with Crippen LogP contribution in [0.15, 0.2) is 47.4 Å². The molecule has 0 aliphatic carbocycles. The summed E-state index contributed by atoms with van der Waals surface area (Å²) in [5, 5.41) is 12.1. The summed E-state index contributed by atoms with van der Waals surface area (Å²) >= 11 is 0. The molecule has 1 aliphatic heterocycles. The van der Waals surface area contributed by atoms with E-state index in [1.165, 1.54) is 12.1 Å². The first kappa shape index (κ1) is 20.0. The average molecular weight is 407 g/mol. The lowest BCUT2D eigenvalue weighted by Crippen LogP contribution is -2.33. The molecule has 1 atom stereocenters. The average Bonchev–Trinajstić information content (AvgIpc) is 2.65. The van der Waals surface area contributed by atoms with Gasteiger partial charge in [-0.15, -0.1) is 0 Å². The molecule has 3 rings (SSSR count). The van der Waals surface area contributed by atoms with Gasteiger partial charge in [0.25, 0.3) is 0 Å². The van der Waals surface area contributed by atoms with Crippen LogP contribution in [0.4, 0.5) is 4.79 Å². The number of nitrogens with one attached hydrogen (secondary N) is 1. The lowest BCUT2D eigenvalue weighted by atomic mass is 9.99. The molecule has 0 unspecified atom stereocenters. The van der Waals surface area contributed by atoms with Gasteiger partial charge in [0.15, 0.2) is 0 Å². The number of carbonyl (C=O) groups is 2. The monoisotopic (exact) mass is 407 g/mol. The van der Waals surface area contributed by atoms with Crippen LogP contribution in [-0.4, -0.2) is 39.1 Å². The topological polar surface area (TPSA) is 125 Å². The number of carboxylic acid groups (broad SMARTS) is 1. The zero-order chi connectivity index (χ0) is 20.3. The number of carboxylic acids is 1. The second-order valence-corrected chi connectivity index (χ2v) is 8.53. The van der Waals surface area contributed by atoms with Crippen LogP contribution in [0.1, 0.15) is 33.9 Å². The first-order chi connectivity index (χ1) is 13.3. The van der Waals surface area contributed by atoms with Crippen LogP contribution in [-0.2, 0) is 11.3 Å². The highest BCUT2D eigenvalue weighted by atomic mass is 32.3. The first-order valence-corrected chi connectivity index (χ1v) is 10.5. The molecule has 150 valence electrons. The van der Waals surface area contributed by atoms with Crippen LogP contribution in [0.5, 0.6) is 5.75 Å². The third-order valence-electron chi connectivity index (χ3n) is 4.30. The highest BCUT2D eigenvalue weighted by molar-refractivity contribution is 8.23. The number of ether oxygens (including phenoxy) is 2. The van der Waals surface area contributed by atoms with E-state index < -0.39 is 28.7 Å². The number of hydrogen-bond donors (Lipinski definition) is 4. The molecule has 0 bridgehead atoms. The van der Waals surface area contributed by atoms with Gasteiger partial charge in [0.1, 0.15) is 12.4 Å². The Morgan fingerprint density at radius 3 is 2.61 bits per heavy atom. The number of benzene rings is 2. The third kappa shape index (κ3) is 4.56. The molecule has 0 radical (unpaired) electrons. The molecule has 1 amide bonds. The van der Waals surface area contributed by atoms with Crippen LogP contribution < -0.4 is 10.1 Å². The van der Waals surface area contributed by atoms with E-state index in [-0.39, 0.29) is 29.4 Å². The Balaban J connectivity index is 1.80. The largest absolute Gasteiger partial charge is 0.493 e. The number of rotatable bonds is 5. The Bertz CT molecular complexity index is 880. The Morgan fingerprint density at radius 2 is 1.96 bits per heavy atom. The highest BCUT2D eigenvalue weighted by Crippen LogP contribution is 2.49. The zero-order valence-electron chi connectivity index (χ0n) is 15.1. The fourth-order valence-electron chi connectivity index (χ4n) is 2.96. The molecule has 2 aromatic rings. The zero-order valence-corrected chi connectivity index (χ0v) is 15.9. The van der Waals surface area contributed by atoms with E-state index in [4.69, 9.17) is 9.47 Å². The predicted molar refractivity (Wildman–Crippen MR) is 103 cm³/mol. The van der Waals surface area contributed by atoms with Crippen LogP contribution in [0, 0.1) is 0 Å². The van der Waals surface area contributed by atoms with Crippen molar-refractivity contribution in [2.75, 3.05) is 12.9 Å². The van der Waals surface area contributed by atoms with Gasteiger partial charge in [-0.2, -0.15) is 10.6 Å². The van der Waals surface area contributed by atoms with E-state index in [2.05, 4.69) is 5.32 Å².